The van der Waals surface area contributed by atoms with Crippen LogP contribution in [-0.4, -0.2) is 60.2 Å². The number of ether oxygens (including phenoxy) is 1. The maximum atomic E-state index is 9.92. The Balaban J connectivity index is 2.01. The zero-order valence-electron chi connectivity index (χ0n) is 10.3. The first-order valence-electron chi connectivity index (χ1n) is 5.92. The Labute approximate surface area is 112 Å². The molecule has 0 radical (unpaired) electrons. The number of hydrogen-bond acceptors (Lipinski definition) is 9. The van der Waals surface area contributed by atoms with E-state index in [1.807, 2.05) is 0 Å². The average molecular weight is 282 g/mol. The fraction of sp³-hybridized carbons (Fsp3) is 0.500. The van der Waals surface area contributed by atoms with Crippen LogP contribution in [0.5, 0.6) is 0 Å². The number of nitrogens with two attached hydrogens (primary N) is 2. The normalized spacial score (nSPS) is 30.1. The molecule has 0 bridgehead atoms. The Morgan fingerprint density at radius 3 is 2.55 bits per heavy atom. The van der Waals surface area contributed by atoms with Crippen molar-refractivity contribution in [2.45, 2.75) is 24.4 Å². The molecule has 0 aromatic carbocycles. The predicted molar refractivity (Wildman–Crippen MR) is 67.2 cm³/mol. The van der Waals surface area contributed by atoms with Gasteiger partial charge in [0, 0.05) is 0 Å². The molecule has 1 fully saturated rings. The summed E-state index contributed by atoms with van der Waals surface area (Å²) in [7, 11) is 0. The van der Waals surface area contributed by atoms with Gasteiger partial charge in [-0.3, -0.25) is 0 Å². The molecule has 0 aliphatic carbocycles. The van der Waals surface area contributed by atoms with Crippen molar-refractivity contribution in [1.82, 2.24) is 19.9 Å². The van der Waals surface area contributed by atoms with Gasteiger partial charge in [0.2, 0.25) is 5.95 Å². The molecule has 2 aromatic rings. The van der Waals surface area contributed by atoms with Gasteiger partial charge in [0.15, 0.2) is 11.5 Å². The molecule has 20 heavy (non-hydrogen) atoms. The van der Waals surface area contributed by atoms with Crippen molar-refractivity contribution in [1.29, 1.82) is 0 Å². The molecule has 0 amide bonds. The lowest BCUT2D eigenvalue weighted by molar-refractivity contribution is -0.0249. The van der Waals surface area contributed by atoms with E-state index in [0.29, 0.717) is 5.52 Å². The summed E-state index contributed by atoms with van der Waals surface area (Å²) in [5, 5.41) is 28.7. The molecule has 0 unspecified atom stereocenters. The topological polar surface area (TPSA) is 176 Å². The summed E-state index contributed by atoms with van der Waals surface area (Å²) < 4.78 is 5.36. The van der Waals surface area contributed by atoms with Gasteiger partial charge in [-0.05, 0) is 0 Å². The van der Waals surface area contributed by atoms with Crippen LogP contribution in [0.4, 0.5) is 11.8 Å². The van der Waals surface area contributed by atoms with Crippen LogP contribution in [0.1, 0.15) is 11.9 Å². The Morgan fingerprint density at radius 1 is 1.15 bits per heavy atom. The number of nitrogens with zero attached hydrogens (tertiary/aromatic N) is 3. The van der Waals surface area contributed by atoms with Gasteiger partial charge in [0.1, 0.15) is 35.8 Å². The van der Waals surface area contributed by atoms with Gasteiger partial charge in [0.25, 0.3) is 0 Å². The highest BCUT2D eigenvalue weighted by atomic mass is 16.6. The van der Waals surface area contributed by atoms with Gasteiger partial charge in [0.05, 0.1) is 6.61 Å². The minimum Gasteiger partial charge on any atom is -0.394 e. The number of aromatic nitrogens is 4. The van der Waals surface area contributed by atoms with E-state index >= 15 is 0 Å². The van der Waals surface area contributed by atoms with E-state index in [1.165, 1.54) is 0 Å². The SMILES string of the molecule is Nc1nc(N)c2[nH]c([C@@H]3O[C@H](CO)[C@@H](O)[C@@H]3O)nc2n1. The molecule has 8 N–H and O–H groups in total. The molecule has 10 heteroatoms. The molecule has 10 nitrogen and oxygen atoms in total. The maximum Gasteiger partial charge on any atom is 0.224 e. The van der Waals surface area contributed by atoms with E-state index in [1.54, 1.807) is 0 Å². The number of H-pyrrole nitrogens is 1. The maximum absolute atomic E-state index is 9.92. The minimum absolute atomic E-state index is 0.0193. The van der Waals surface area contributed by atoms with Crippen LogP contribution in [0.2, 0.25) is 0 Å². The highest BCUT2D eigenvalue weighted by Crippen LogP contribution is 2.33. The molecular weight excluding hydrogens is 268 g/mol. The summed E-state index contributed by atoms with van der Waals surface area (Å²) in [6.45, 7) is -0.413. The van der Waals surface area contributed by atoms with E-state index in [4.69, 9.17) is 21.3 Å². The van der Waals surface area contributed by atoms with E-state index < -0.39 is 31.0 Å². The number of nitrogens with one attached hydrogen (secondary N) is 1. The minimum atomic E-state index is -1.22. The van der Waals surface area contributed by atoms with Gasteiger partial charge in [-0.1, -0.05) is 0 Å². The number of nitrogen functional groups attached to an aromatic ring is 2. The van der Waals surface area contributed by atoms with Crippen LogP contribution < -0.4 is 11.5 Å². The molecule has 0 saturated carbocycles. The van der Waals surface area contributed by atoms with Crippen molar-refractivity contribution in [3.8, 4) is 0 Å². The summed E-state index contributed by atoms with van der Waals surface area (Å²) >= 11 is 0. The zero-order valence-corrected chi connectivity index (χ0v) is 10.3. The Morgan fingerprint density at radius 2 is 1.90 bits per heavy atom. The zero-order chi connectivity index (χ0) is 14.4. The third-order valence-corrected chi connectivity index (χ3v) is 3.23. The van der Waals surface area contributed by atoms with Crippen LogP contribution >= 0.6 is 0 Å². The summed E-state index contributed by atoms with van der Waals surface area (Å²) in [6.07, 6.45) is -4.22. The van der Waals surface area contributed by atoms with Crippen molar-refractivity contribution >= 4 is 22.9 Å². The third kappa shape index (κ3) is 1.86. The first kappa shape index (κ1) is 13.0. The molecule has 2 aromatic heterocycles. The van der Waals surface area contributed by atoms with Gasteiger partial charge in [-0.25, -0.2) is 4.98 Å². The van der Waals surface area contributed by atoms with Gasteiger partial charge in [-0.15, -0.1) is 0 Å². The molecule has 0 spiro atoms. The lowest BCUT2D eigenvalue weighted by atomic mass is 10.1. The Bertz CT molecular complexity index is 646. The molecule has 1 aliphatic heterocycles. The van der Waals surface area contributed by atoms with Crippen molar-refractivity contribution < 1.29 is 20.1 Å². The Hall–Kier alpha value is -2.01. The number of aliphatic hydroxyl groups is 3. The van der Waals surface area contributed by atoms with Crippen molar-refractivity contribution in [3.05, 3.63) is 5.82 Å². The predicted octanol–water partition coefficient (Wildman–Crippen LogP) is -2.33. The quantitative estimate of drug-likeness (QED) is 0.352. The number of aliphatic hydroxyl groups excluding tert-OH is 3. The number of anilines is 2. The average Bonchev–Trinajstić information content (AvgIpc) is 2.93. The fourth-order valence-corrected chi connectivity index (χ4v) is 2.21. The van der Waals surface area contributed by atoms with Gasteiger partial charge >= 0.3 is 0 Å². The largest absolute Gasteiger partial charge is 0.394 e. The van der Waals surface area contributed by atoms with Crippen LogP contribution in [-0.2, 0) is 4.74 Å². The lowest BCUT2D eigenvalue weighted by Gasteiger charge is -2.11. The Kier molecular flexibility index (Phi) is 2.94. The second kappa shape index (κ2) is 4.52. The first-order chi connectivity index (χ1) is 9.51. The smallest absolute Gasteiger partial charge is 0.224 e. The third-order valence-electron chi connectivity index (χ3n) is 3.23. The van der Waals surface area contributed by atoms with Crippen molar-refractivity contribution in [2.75, 3.05) is 18.1 Å². The molecular formula is C10H14N6O4. The number of rotatable bonds is 2. The number of fused-ring (bicyclic) bond motifs is 1. The molecule has 4 atom stereocenters. The van der Waals surface area contributed by atoms with E-state index in [2.05, 4.69) is 19.9 Å². The summed E-state index contributed by atoms with van der Waals surface area (Å²) in [5.41, 5.74) is 11.8. The summed E-state index contributed by atoms with van der Waals surface area (Å²) in [5.74, 6) is 0.335. The fourth-order valence-electron chi connectivity index (χ4n) is 2.21. The van der Waals surface area contributed by atoms with Gasteiger partial charge < -0.3 is 36.5 Å². The van der Waals surface area contributed by atoms with Crippen LogP contribution in [0.25, 0.3) is 11.2 Å². The van der Waals surface area contributed by atoms with Crippen molar-refractivity contribution in [2.24, 2.45) is 0 Å². The van der Waals surface area contributed by atoms with E-state index in [9.17, 15) is 10.2 Å². The lowest BCUT2D eigenvalue weighted by Crippen LogP contribution is -2.32. The van der Waals surface area contributed by atoms with Crippen LogP contribution in [0.15, 0.2) is 0 Å². The highest BCUT2D eigenvalue weighted by Gasteiger charge is 2.44. The summed E-state index contributed by atoms with van der Waals surface area (Å²) in [6, 6.07) is 0. The second-order valence-electron chi connectivity index (χ2n) is 4.55. The first-order valence-corrected chi connectivity index (χ1v) is 5.92. The number of aromatic amines is 1. The molecule has 1 aliphatic rings. The monoisotopic (exact) mass is 282 g/mol. The molecule has 1 saturated heterocycles. The second-order valence-corrected chi connectivity index (χ2v) is 4.55. The standard InChI is InChI=1S/C10H14N6O4/c11-7-3-8(16-10(12)14-7)15-9(13-3)6-5(19)4(18)2(1-17)20-6/h2,4-6,17-19H,1H2,(H5,11,12,13,14,15,16)/t2-,4-,5+,6-/m1/s1. The van der Waals surface area contributed by atoms with Gasteiger partial charge in [-0.2, -0.15) is 9.97 Å². The van der Waals surface area contributed by atoms with Crippen LogP contribution in [0.3, 0.4) is 0 Å². The molecule has 3 heterocycles. The number of hydrogen-bond donors (Lipinski definition) is 6. The molecule has 108 valence electrons. The summed E-state index contributed by atoms with van der Waals surface area (Å²) in [4.78, 5) is 14.7. The van der Waals surface area contributed by atoms with Crippen LogP contribution in [0, 0.1) is 0 Å². The number of imidazole rings is 1. The van der Waals surface area contributed by atoms with Crippen molar-refractivity contribution in [3.63, 3.8) is 0 Å². The van der Waals surface area contributed by atoms with E-state index in [-0.39, 0.29) is 23.2 Å². The van der Waals surface area contributed by atoms with E-state index in [0.717, 1.165) is 0 Å². The highest BCUT2D eigenvalue weighted by molar-refractivity contribution is 5.82. The molecule has 3 rings (SSSR count).